The molecule has 0 saturated carbocycles. The fraction of sp³-hybridized carbons (Fsp3) is 0.389. The summed E-state index contributed by atoms with van der Waals surface area (Å²) in [7, 11) is 0. The van der Waals surface area contributed by atoms with Crippen molar-refractivity contribution in [3.05, 3.63) is 64.4 Å². The van der Waals surface area contributed by atoms with Crippen molar-refractivity contribution in [2.45, 2.75) is 31.8 Å². The normalized spacial score (nSPS) is 17.5. The van der Waals surface area contributed by atoms with Crippen molar-refractivity contribution in [2.75, 3.05) is 13.2 Å². The van der Waals surface area contributed by atoms with Gasteiger partial charge in [0.05, 0.1) is 17.3 Å². The molecule has 1 atom stereocenters. The predicted molar refractivity (Wildman–Crippen MR) is 88.9 cm³/mol. The minimum absolute atomic E-state index is 0.159. The second-order valence-corrected chi connectivity index (χ2v) is 6.21. The quantitative estimate of drug-likeness (QED) is 0.915. The van der Waals surface area contributed by atoms with Crippen LogP contribution in [-0.4, -0.2) is 28.1 Å². The third kappa shape index (κ3) is 3.49. The Labute approximate surface area is 136 Å². The molecule has 2 aromatic rings. The number of aromatic nitrogens is 1. The van der Waals surface area contributed by atoms with Crippen LogP contribution < -0.4 is 0 Å². The van der Waals surface area contributed by atoms with Crippen LogP contribution in [0.3, 0.4) is 0 Å². The van der Waals surface area contributed by atoms with Gasteiger partial charge in [-0.1, -0.05) is 35.9 Å². The number of pyridine rings is 1. The lowest BCUT2D eigenvalue weighted by Gasteiger charge is -2.35. The number of nitrogens with zero attached hydrogens (tertiary/aromatic N) is 2. The second-order valence-electron chi connectivity index (χ2n) is 5.77. The van der Waals surface area contributed by atoms with Gasteiger partial charge in [-0.2, -0.15) is 0 Å². The Hall–Kier alpha value is -1.42. The number of fused-ring (bicyclic) bond motifs is 1. The summed E-state index contributed by atoms with van der Waals surface area (Å²) >= 11 is 5.91. The molecule has 22 heavy (non-hydrogen) atoms. The Kier molecular flexibility index (Phi) is 5.08. The molecule has 1 aromatic heterocycles. The molecule has 1 aliphatic carbocycles. The first-order valence-corrected chi connectivity index (χ1v) is 8.19. The van der Waals surface area contributed by atoms with Gasteiger partial charge in [0.1, 0.15) is 0 Å². The predicted octanol–water partition coefficient (Wildman–Crippen LogP) is 3.61. The van der Waals surface area contributed by atoms with Crippen molar-refractivity contribution in [3.8, 4) is 0 Å². The molecule has 3 nitrogen and oxygen atoms in total. The van der Waals surface area contributed by atoms with E-state index in [1.54, 1.807) is 6.20 Å². The van der Waals surface area contributed by atoms with Gasteiger partial charge in [0.15, 0.2) is 0 Å². The molecule has 0 radical (unpaired) electrons. The number of hydrogen-bond acceptors (Lipinski definition) is 3. The minimum Gasteiger partial charge on any atom is -0.395 e. The average Bonchev–Trinajstić information content (AvgIpc) is 2.56. The van der Waals surface area contributed by atoms with E-state index < -0.39 is 0 Å². The molecule has 0 aliphatic heterocycles. The highest BCUT2D eigenvalue weighted by Crippen LogP contribution is 2.34. The van der Waals surface area contributed by atoms with Gasteiger partial charge in [-0.3, -0.25) is 9.88 Å². The Morgan fingerprint density at radius 3 is 2.86 bits per heavy atom. The van der Waals surface area contributed by atoms with Gasteiger partial charge in [-0.25, -0.2) is 0 Å². The standard InChI is InChI=1S/C18H21ClN2O/c19-15-8-9-16(20-12-15)13-21(10-11-22)18-7-3-5-14-4-1-2-6-17(14)18/h1-2,4,6,8-9,12,18,22H,3,5,7,10-11,13H2. The van der Waals surface area contributed by atoms with Crippen LogP contribution >= 0.6 is 11.6 Å². The lowest BCUT2D eigenvalue weighted by atomic mass is 9.86. The maximum absolute atomic E-state index is 9.45. The number of rotatable bonds is 5. The summed E-state index contributed by atoms with van der Waals surface area (Å²) < 4.78 is 0. The summed E-state index contributed by atoms with van der Waals surface area (Å²) in [6.07, 6.45) is 5.16. The van der Waals surface area contributed by atoms with Gasteiger partial charge >= 0.3 is 0 Å². The molecule has 1 aromatic carbocycles. The van der Waals surface area contributed by atoms with Crippen LogP contribution in [0.25, 0.3) is 0 Å². The maximum Gasteiger partial charge on any atom is 0.0589 e. The van der Waals surface area contributed by atoms with Gasteiger partial charge in [0.25, 0.3) is 0 Å². The molecule has 0 bridgehead atoms. The van der Waals surface area contributed by atoms with E-state index in [2.05, 4.69) is 34.1 Å². The van der Waals surface area contributed by atoms with Crippen molar-refractivity contribution >= 4 is 11.6 Å². The summed E-state index contributed by atoms with van der Waals surface area (Å²) in [5.74, 6) is 0. The number of aryl methyl sites for hydroxylation is 1. The Morgan fingerprint density at radius 1 is 1.23 bits per heavy atom. The molecule has 0 amide bonds. The van der Waals surface area contributed by atoms with Crippen molar-refractivity contribution < 1.29 is 5.11 Å². The molecule has 1 N–H and O–H groups in total. The van der Waals surface area contributed by atoms with E-state index in [1.165, 1.54) is 17.5 Å². The van der Waals surface area contributed by atoms with E-state index in [-0.39, 0.29) is 6.61 Å². The van der Waals surface area contributed by atoms with E-state index in [9.17, 15) is 5.11 Å². The molecule has 116 valence electrons. The topological polar surface area (TPSA) is 36.4 Å². The van der Waals surface area contributed by atoms with Gasteiger partial charge in [-0.15, -0.1) is 0 Å². The Morgan fingerprint density at radius 2 is 2.09 bits per heavy atom. The molecule has 4 heteroatoms. The second kappa shape index (κ2) is 7.23. The Bertz CT molecular complexity index is 615. The summed E-state index contributed by atoms with van der Waals surface area (Å²) in [6, 6.07) is 12.8. The van der Waals surface area contributed by atoms with E-state index in [0.29, 0.717) is 17.6 Å². The van der Waals surface area contributed by atoms with Gasteiger partial charge in [0.2, 0.25) is 0 Å². The van der Waals surface area contributed by atoms with E-state index in [4.69, 9.17) is 11.6 Å². The zero-order valence-electron chi connectivity index (χ0n) is 12.6. The highest BCUT2D eigenvalue weighted by atomic mass is 35.5. The zero-order valence-corrected chi connectivity index (χ0v) is 13.3. The van der Waals surface area contributed by atoms with Gasteiger partial charge in [-0.05, 0) is 42.5 Å². The summed E-state index contributed by atoms with van der Waals surface area (Å²) in [4.78, 5) is 6.72. The number of aliphatic hydroxyl groups is 1. The first-order chi connectivity index (χ1) is 10.8. The van der Waals surface area contributed by atoms with Crippen molar-refractivity contribution in [1.29, 1.82) is 0 Å². The number of hydrogen-bond donors (Lipinski definition) is 1. The monoisotopic (exact) mass is 316 g/mol. The van der Waals surface area contributed by atoms with Crippen LogP contribution in [-0.2, 0) is 13.0 Å². The molecule has 0 fully saturated rings. The summed E-state index contributed by atoms with van der Waals surface area (Å²) in [5, 5.41) is 10.1. The molecule has 0 saturated heterocycles. The SMILES string of the molecule is OCCN(Cc1ccc(Cl)cn1)C1CCCc2ccccc21. The highest BCUT2D eigenvalue weighted by molar-refractivity contribution is 6.30. The zero-order chi connectivity index (χ0) is 15.4. The van der Waals surface area contributed by atoms with Crippen LogP contribution in [0.1, 0.15) is 35.7 Å². The van der Waals surface area contributed by atoms with Crippen molar-refractivity contribution in [1.82, 2.24) is 9.88 Å². The number of halogens is 1. The van der Waals surface area contributed by atoms with Gasteiger partial charge < -0.3 is 5.11 Å². The fourth-order valence-corrected chi connectivity index (χ4v) is 3.40. The van der Waals surface area contributed by atoms with Crippen LogP contribution in [0.2, 0.25) is 5.02 Å². The molecule has 0 spiro atoms. The van der Waals surface area contributed by atoms with Crippen LogP contribution in [0.4, 0.5) is 0 Å². The molecule has 1 heterocycles. The number of aliphatic hydroxyl groups excluding tert-OH is 1. The maximum atomic E-state index is 9.45. The molecular weight excluding hydrogens is 296 g/mol. The fourth-order valence-electron chi connectivity index (χ4n) is 3.29. The van der Waals surface area contributed by atoms with E-state index in [0.717, 1.165) is 25.1 Å². The van der Waals surface area contributed by atoms with E-state index in [1.807, 2.05) is 12.1 Å². The largest absolute Gasteiger partial charge is 0.395 e. The summed E-state index contributed by atoms with van der Waals surface area (Å²) in [6.45, 7) is 1.55. The smallest absolute Gasteiger partial charge is 0.0589 e. The third-order valence-electron chi connectivity index (χ3n) is 4.32. The first kappa shape index (κ1) is 15.5. The summed E-state index contributed by atoms with van der Waals surface area (Å²) in [5.41, 5.74) is 3.82. The van der Waals surface area contributed by atoms with Crippen LogP contribution in [0.5, 0.6) is 0 Å². The molecule has 1 unspecified atom stereocenters. The average molecular weight is 317 g/mol. The van der Waals surface area contributed by atoms with Gasteiger partial charge in [0, 0.05) is 25.3 Å². The lowest BCUT2D eigenvalue weighted by molar-refractivity contribution is 0.130. The lowest BCUT2D eigenvalue weighted by Crippen LogP contribution is -2.33. The Balaban J connectivity index is 1.83. The highest BCUT2D eigenvalue weighted by Gasteiger charge is 2.25. The van der Waals surface area contributed by atoms with Crippen LogP contribution in [0.15, 0.2) is 42.6 Å². The minimum atomic E-state index is 0.159. The van der Waals surface area contributed by atoms with Crippen molar-refractivity contribution in [2.24, 2.45) is 0 Å². The third-order valence-corrected chi connectivity index (χ3v) is 4.54. The van der Waals surface area contributed by atoms with Crippen molar-refractivity contribution in [3.63, 3.8) is 0 Å². The number of benzene rings is 1. The first-order valence-electron chi connectivity index (χ1n) is 7.81. The van der Waals surface area contributed by atoms with E-state index >= 15 is 0 Å². The van der Waals surface area contributed by atoms with Crippen LogP contribution in [0, 0.1) is 0 Å². The molecular formula is C18H21ClN2O. The molecule has 3 rings (SSSR count). The molecule has 1 aliphatic rings.